The Labute approximate surface area is 107 Å². The summed E-state index contributed by atoms with van der Waals surface area (Å²) in [6, 6.07) is 0. The van der Waals surface area contributed by atoms with Crippen molar-refractivity contribution in [1.82, 2.24) is 0 Å². The van der Waals surface area contributed by atoms with E-state index in [4.69, 9.17) is 11.5 Å². The van der Waals surface area contributed by atoms with Crippen LogP contribution in [-0.4, -0.2) is 52.4 Å². The van der Waals surface area contributed by atoms with Gasteiger partial charge in [0.25, 0.3) is 0 Å². The van der Waals surface area contributed by atoms with Crippen LogP contribution in [0, 0.1) is 0 Å². The van der Waals surface area contributed by atoms with Gasteiger partial charge in [0.05, 0.1) is 13.1 Å². The Bertz CT molecular complexity index is 67.5. The number of quaternary nitrogens is 2. The monoisotopic (exact) mass is 310 g/mol. The van der Waals surface area contributed by atoms with E-state index in [1.807, 2.05) is 0 Å². The molecular weight excluding hydrogens is 287 g/mol. The predicted molar refractivity (Wildman–Crippen MR) is 60.1 cm³/mol. The maximum atomic E-state index is 6.67. The van der Waals surface area contributed by atoms with Crippen LogP contribution in [0.4, 0.5) is 0 Å². The summed E-state index contributed by atoms with van der Waals surface area (Å²) < 4.78 is 0. The molecule has 0 atom stereocenters. The van der Waals surface area contributed by atoms with Crippen molar-refractivity contribution in [3.05, 3.63) is 22.1 Å². The molecule has 0 radical (unpaired) electrons. The molecule has 98 valence electrons. The smallest absolute Gasteiger partial charge is 0.0549 e. The first-order chi connectivity index (χ1) is 6.83. The molecule has 0 aliphatic carbocycles. The van der Waals surface area contributed by atoms with E-state index in [0.717, 1.165) is 26.2 Å². The summed E-state index contributed by atoms with van der Waals surface area (Å²) in [7, 11) is 0. The normalized spacial score (nSPS) is 8.80. The van der Waals surface area contributed by atoms with Crippen molar-refractivity contribution in [2.75, 3.05) is 52.4 Å². The van der Waals surface area contributed by atoms with Crippen LogP contribution in [0.3, 0.4) is 0 Å². The zero-order valence-electron chi connectivity index (χ0n) is 9.28. The van der Waals surface area contributed by atoms with Crippen molar-refractivity contribution in [2.24, 2.45) is 0 Å². The van der Waals surface area contributed by atoms with Gasteiger partial charge < -0.3 is 33.6 Å². The van der Waals surface area contributed by atoms with Crippen LogP contribution in [0.2, 0.25) is 0 Å². The number of nitrogens with one attached hydrogen (secondary N) is 2. The summed E-state index contributed by atoms with van der Waals surface area (Å²) in [6.07, 6.45) is 0. The van der Waals surface area contributed by atoms with E-state index in [9.17, 15) is 0 Å². The fraction of sp³-hybridized carbons (Fsp3) is 1.00. The van der Waals surface area contributed by atoms with E-state index in [2.05, 4.69) is 22.1 Å². The molecule has 0 aliphatic rings. The summed E-state index contributed by atoms with van der Waals surface area (Å²) in [6.45, 7) is 5.54. The molecule has 0 aromatic rings. The van der Waals surface area contributed by atoms with Crippen LogP contribution in [0.25, 0.3) is 22.1 Å². The summed E-state index contributed by atoms with van der Waals surface area (Å²) in [4.78, 5) is 0. The molecule has 15 heavy (non-hydrogen) atoms. The number of hydrogen-bond donors (Lipinski definition) is 2. The molecule has 0 spiro atoms. The quantitative estimate of drug-likeness (QED) is 0.434. The van der Waals surface area contributed by atoms with Crippen LogP contribution in [-0.2, 0) is 20.4 Å². The Kier molecular flexibility index (Phi) is 33.2. The average Bonchev–Trinajstić information content (AvgIpc) is 2.21. The van der Waals surface area contributed by atoms with Gasteiger partial charge in [0, 0.05) is 20.4 Å². The van der Waals surface area contributed by atoms with E-state index in [0.29, 0.717) is 26.2 Å². The van der Waals surface area contributed by atoms with Crippen LogP contribution in [0.15, 0.2) is 0 Å². The van der Waals surface area contributed by atoms with Gasteiger partial charge in [-0.05, 0) is 0 Å². The molecule has 0 aromatic heterocycles. The second-order valence-corrected chi connectivity index (χ2v) is 2.55. The molecule has 0 saturated carbocycles. The van der Waals surface area contributed by atoms with Crippen molar-refractivity contribution in [3.63, 3.8) is 0 Å². The van der Waals surface area contributed by atoms with Gasteiger partial charge in [-0.3, -0.25) is 0 Å². The summed E-state index contributed by atoms with van der Waals surface area (Å²) in [5.74, 6) is 0. The van der Waals surface area contributed by atoms with Crippen molar-refractivity contribution < 1.29 is 31.9 Å². The van der Waals surface area contributed by atoms with Crippen molar-refractivity contribution in [1.29, 1.82) is 0 Å². The molecule has 0 saturated heterocycles. The summed E-state index contributed by atoms with van der Waals surface area (Å²) in [5, 5.41) is 7.92. The zero-order chi connectivity index (χ0) is 11.1. The molecule has 0 aliphatic heterocycles. The molecule has 0 heterocycles. The van der Waals surface area contributed by atoms with E-state index in [-0.39, 0.29) is 20.4 Å². The molecule has 0 fully saturated rings. The minimum atomic E-state index is 0. The molecule has 7 heteroatoms. The van der Waals surface area contributed by atoms with Gasteiger partial charge in [-0.25, -0.2) is 0 Å². The first-order valence-corrected chi connectivity index (χ1v) is 4.97. The third kappa shape index (κ3) is 31.4. The van der Waals surface area contributed by atoms with E-state index in [1.165, 1.54) is 0 Å². The average molecular weight is 311 g/mol. The second-order valence-electron chi connectivity index (χ2n) is 2.55. The van der Waals surface area contributed by atoms with Gasteiger partial charge >= 0.3 is 0 Å². The molecule has 0 amide bonds. The van der Waals surface area contributed by atoms with Gasteiger partial charge in [-0.15, -0.1) is 0 Å². The third-order valence-electron chi connectivity index (χ3n) is 1.17. The van der Waals surface area contributed by atoms with E-state index in [1.54, 1.807) is 0 Å². The Morgan fingerprint density at radius 2 is 1.07 bits per heavy atom. The summed E-state index contributed by atoms with van der Waals surface area (Å²) >= 11 is 0. The minimum absolute atomic E-state index is 0. The van der Waals surface area contributed by atoms with Gasteiger partial charge in [-0.1, -0.05) is 13.1 Å². The molecule has 8 N–H and O–H groups in total. The molecule has 0 aromatic carbocycles. The fourth-order valence-corrected chi connectivity index (χ4v) is 0.605. The molecule has 0 bridgehead atoms. The van der Waals surface area contributed by atoms with E-state index < -0.39 is 0 Å². The van der Waals surface area contributed by atoms with Crippen LogP contribution >= 0.6 is 0 Å². The van der Waals surface area contributed by atoms with Crippen molar-refractivity contribution in [3.8, 4) is 0 Å². The van der Waals surface area contributed by atoms with Gasteiger partial charge in [0.2, 0.25) is 0 Å². The maximum absolute atomic E-state index is 6.67. The Morgan fingerprint density at radius 3 is 1.27 bits per heavy atom. The fourth-order valence-electron chi connectivity index (χ4n) is 0.605. The SMILES string of the molecule is [NH-]CC[N-]CC[NH3+].[NH-]CC[N-]CC[NH3+].[Pd]. The first-order valence-electron chi connectivity index (χ1n) is 4.97. The Morgan fingerprint density at radius 1 is 0.733 bits per heavy atom. The standard InChI is InChI=1S/2C4H11N3.Pd/c2*5-1-3-7-4-2-6;/h2*5H,1-4,6H2;/q2*-2;/p+2. The Balaban J connectivity index is -0.000000180. The van der Waals surface area contributed by atoms with Crippen molar-refractivity contribution >= 4 is 0 Å². The summed E-state index contributed by atoms with van der Waals surface area (Å²) in [5.41, 5.74) is 20.5. The van der Waals surface area contributed by atoms with Gasteiger partial charge in [0.1, 0.15) is 0 Å². The van der Waals surface area contributed by atoms with Crippen LogP contribution in [0.5, 0.6) is 0 Å². The number of rotatable bonds is 8. The van der Waals surface area contributed by atoms with E-state index >= 15 is 0 Å². The first kappa shape index (κ1) is 20.8. The van der Waals surface area contributed by atoms with Crippen LogP contribution in [0.1, 0.15) is 0 Å². The number of nitrogens with zero attached hydrogens (tertiary/aromatic N) is 2. The molecular formula is C8H24N6Pd-2. The Hall–Kier alpha value is 0.422. The minimum Gasteiger partial charge on any atom is -0.679 e. The maximum Gasteiger partial charge on any atom is 0.0549 e. The molecule has 6 nitrogen and oxygen atoms in total. The number of hydrogen-bond acceptors (Lipinski definition) is 0. The van der Waals surface area contributed by atoms with Crippen molar-refractivity contribution in [2.45, 2.75) is 0 Å². The predicted octanol–water partition coefficient (Wildman–Crippen LogP) is -0.694. The van der Waals surface area contributed by atoms with Gasteiger partial charge in [-0.2, -0.15) is 26.2 Å². The molecule has 0 unspecified atom stereocenters. The largest absolute Gasteiger partial charge is 0.679 e. The zero-order valence-corrected chi connectivity index (χ0v) is 10.8. The topological polar surface area (TPSA) is 131 Å². The van der Waals surface area contributed by atoms with Gasteiger partial charge in [0.15, 0.2) is 0 Å². The van der Waals surface area contributed by atoms with Crippen LogP contribution < -0.4 is 11.5 Å². The molecule has 0 rings (SSSR count). The third-order valence-corrected chi connectivity index (χ3v) is 1.17. The second kappa shape index (κ2) is 23.9.